The zero-order valence-corrected chi connectivity index (χ0v) is 19.0. The van der Waals surface area contributed by atoms with Gasteiger partial charge in [0.1, 0.15) is 0 Å². The van der Waals surface area contributed by atoms with E-state index in [2.05, 4.69) is 4.74 Å². The van der Waals surface area contributed by atoms with E-state index in [1.807, 2.05) is 0 Å². The number of ether oxygens (including phenoxy) is 1. The predicted octanol–water partition coefficient (Wildman–Crippen LogP) is 8.35. The summed E-state index contributed by atoms with van der Waals surface area (Å²) in [7, 11) is -0.474. The highest BCUT2D eigenvalue weighted by molar-refractivity contribution is 5.79. The highest BCUT2D eigenvalue weighted by Gasteiger charge is 3.00. The summed E-state index contributed by atoms with van der Waals surface area (Å²) in [5.41, 5.74) is 0. The number of carbonyl (C=O) groups excluding carboxylic acids is 1. The van der Waals surface area contributed by atoms with Crippen molar-refractivity contribution >= 4 is 5.97 Å². The predicted molar refractivity (Wildman–Crippen MR) is 77.4 cm³/mol. The van der Waals surface area contributed by atoms with Crippen molar-refractivity contribution in [3.05, 3.63) is 0 Å². The van der Waals surface area contributed by atoms with Crippen molar-refractivity contribution in [2.45, 2.75) is 77.2 Å². The molecule has 0 radical (unpaired) electrons. The Morgan fingerprint density at radius 2 is 0.477 bits per heavy atom. The van der Waals surface area contributed by atoms with Crippen LogP contribution in [0.5, 0.6) is 0 Å². The van der Waals surface area contributed by atoms with Gasteiger partial charge in [-0.2, -0.15) is 119 Å². The largest absolute Gasteiger partial charge is 0.464 e. The standard InChI is InChI=1S/C15H3F27O2/c1-44-2(43)3(16,17)4(18,19)5(20,21)6(22,23)7(24,25)8(26,27)9(28,29)10(30,31)11(32,33)12(34,35)13(36,37)14(38,39)15(40,41)42/h1H3. The van der Waals surface area contributed by atoms with Gasteiger partial charge in [0.05, 0.1) is 7.11 Å². The monoisotopic (exact) mass is 728 g/mol. The highest BCUT2D eigenvalue weighted by Crippen LogP contribution is 2.68. The highest BCUT2D eigenvalue weighted by atomic mass is 19.4. The molecule has 0 aliphatic carbocycles. The van der Waals surface area contributed by atoms with Crippen LogP contribution in [0.2, 0.25) is 0 Å². The van der Waals surface area contributed by atoms with Crippen LogP contribution >= 0.6 is 0 Å². The van der Waals surface area contributed by atoms with Gasteiger partial charge in [-0.25, -0.2) is 4.79 Å². The normalized spacial score (nSPS) is 16.7. The van der Waals surface area contributed by atoms with Crippen LogP contribution in [-0.2, 0) is 9.53 Å². The maximum atomic E-state index is 13.6. The van der Waals surface area contributed by atoms with Crippen molar-refractivity contribution in [2.75, 3.05) is 7.11 Å². The van der Waals surface area contributed by atoms with Gasteiger partial charge < -0.3 is 4.74 Å². The summed E-state index contributed by atoms with van der Waals surface area (Å²) in [5.74, 6) is -115. The second kappa shape index (κ2) is 10.0. The summed E-state index contributed by atoms with van der Waals surface area (Å²) in [6, 6.07) is 0. The lowest BCUT2D eigenvalue weighted by molar-refractivity contribution is -0.484. The first-order valence-electron chi connectivity index (χ1n) is 9.17. The zero-order valence-electron chi connectivity index (χ0n) is 19.0. The summed E-state index contributed by atoms with van der Waals surface area (Å²) < 4.78 is 360. The van der Waals surface area contributed by atoms with Gasteiger partial charge in [0.2, 0.25) is 0 Å². The van der Waals surface area contributed by atoms with E-state index in [1.54, 1.807) is 0 Å². The molecule has 264 valence electrons. The number of alkyl halides is 27. The van der Waals surface area contributed by atoms with Gasteiger partial charge in [-0.05, 0) is 0 Å². The molecule has 0 fully saturated rings. The third-order valence-electron chi connectivity index (χ3n) is 5.14. The second-order valence-corrected chi connectivity index (χ2v) is 7.88. The van der Waals surface area contributed by atoms with E-state index < -0.39 is 90.3 Å². The van der Waals surface area contributed by atoms with Crippen LogP contribution in [0.4, 0.5) is 119 Å². The molecular weight excluding hydrogens is 725 g/mol. The minimum atomic E-state index is -9.83. The SMILES string of the molecule is COC(=O)C(F)(F)C(F)(F)C(F)(F)C(F)(F)C(F)(F)C(F)(F)C(F)(F)C(F)(F)C(F)(F)C(F)(F)C(F)(F)C(F)(F)C(F)(F)F. The van der Waals surface area contributed by atoms with Crippen LogP contribution in [0.1, 0.15) is 0 Å². The fraction of sp³-hybridized carbons (Fsp3) is 0.933. The fourth-order valence-electron chi connectivity index (χ4n) is 2.41. The van der Waals surface area contributed by atoms with Gasteiger partial charge in [-0.1, -0.05) is 0 Å². The molecule has 0 bridgehead atoms. The number of rotatable bonds is 12. The maximum absolute atomic E-state index is 13.6. The van der Waals surface area contributed by atoms with Crippen molar-refractivity contribution in [1.82, 2.24) is 0 Å². The molecule has 2 nitrogen and oxygen atoms in total. The molecule has 0 saturated heterocycles. The Kier molecular flexibility index (Phi) is 9.49. The van der Waals surface area contributed by atoms with Gasteiger partial charge in [0.15, 0.2) is 0 Å². The number of hydrogen-bond acceptors (Lipinski definition) is 2. The molecular formula is C15H3F27O2. The number of halogens is 27. The Morgan fingerprint density at radius 1 is 0.318 bits per heavy atom. The number of carbonyl (C=O) groups is 1. The molecule has 0 N–H and O–H groups in total. The third-order valence-corrected chi connectivity index (χ3v) is 5.14. The minimum absolute atomic E-state index is 0.474. The lowest BCUT2D eigenvalue weighted by Gasteiger charge is -2.45. The molecule has 0 aromatic rings. The molecule has 0 aromatic heterocycles. The van der Waals surface area contributed by atoms with Crippen molar-refractivity contribution in [2.24, 2.45) is 0 Å². The molecule has 0 atom stereocenters. The van der Waals surface area contributed by atoms with Crippen LogP contribution in [-0.4, -0.2) is 90.3 Å². The first-order valence-corrected chi connectivity index (χ1v) is 9.17. The lowest BCUT2D eigenvalue weighted by Crippen LogP contribution is -2.79. The summed E-state index contributed by atoms with van der Waals surface area (Å²) in [5, 5.41) is 0. The topological polar surface area (TPSA) is 26.3 Å². The fourth-order valence-corrected chi connectivity index (χ4v) is 2.41. The second-order valence-electron chi connectivity index (χ2n) is 7.88. The summed E-state index contributed by atoms with van der Waals surface area (Å²) in [6.07, 6.45) is -8.25. The number of hydrogen-bond donors (Lipinski definition) is 0. The molecule has 0 aliphatic rings. The first kappa shape index (κ1) is 41.6. The molecule has 0 heterocycles. The third kappa shape index (κ3) is 4.57. The van der Waals surface area contributed by atoms with E-state index in [1.165, 1.54) is 0 Å². The number of esters is 1. The average molecular weight is 728 g/mol. The van der Waals surface area contributed by atoms with Crippen molar-refractivity contribution in [3.8, 4) is 0 Å². The summed E-state index contributed by atoms with van der Waals surface area (Å²) >= 11 is 0. The van der Waals surface area contributed by atoms with Gasteiger partial charge in [0.25, 0.3) is 0 Å². The van der Waals surface area contributed by atoms with Crippen LogP contribution in [0, 0.1) is 0 Å². The van der Waals surface area contributed by atoms with Crippen molar-refractivity contribution in [3.63, 3.8) is 0 Å². The molecule has 0 aromatic carbocycles. The maximum Gasteiger partial charge on any atom is 0.460 e. The van der Waals surface area contributed by atoms with Crippen LogP contribution in [0.25, 0.3) is 0 Å². The molecule has 0 unspecified atom stereocenters. The molecule has 29 heteroatoms. The Hall–Kier alpha value is -2.42. The average Bonchev–Trinajstić information content (AvgIpc) is 2.80. The molecule has 0 amide bonds. The molecule has 44 heavy (non-hydrogen) atoms. The quantitative estimate of drug-likeness (QED) is 0.149. The zero-order chi connectivity index (χ0) is 36.8. The Bertz CT molecular complexity index is 1080. The summed E-state index contributed by atoms with van der Waals surface area (Å²) in [4.78, 5) is 10.5. The van der Waals surface area contributed by atoms with Gasteiger partial charge >= 0.3 is 83.2 Å². The van der Waals surface area contributed by atoms with E-state index in [-0.39, 0.29) is 0 Å². The Balaban J connectivity index is 7.49. The van der Waals surface area contributed by atoms with Gasteiger partial charge in [-0.3, -0.25) is 0 Å². The van der Waals surface area contributed by atoms with Gasteiger partial charge in [-0.15, -0.1) is 0 Å². The minimum Gasteiger partial charge on any atom is -0.464 e. The smallest absolute Gasteiger partial charge is 0.460 e. The lowest BCUT2D eigenvalue weighted by atomic mass is 9.84. The van der Waals surface area contributed by atoms with Crippen LogP contribution in [0.15, 0.2) is 0 Å². The molecule has 0 saturated carbocycles. The number of methoxy groups -OCH3 is 1. The van der Waals surface area contributed by atoms with Crippen LogP contribution < -0.4 is 0 Å². The summed E-state index contributed by atoms with van der Waals surface area (Å²) in [6.45, 7) is 0. The Morgan fingerprint density at radius 3 is 0.636 bits per heavy atom. The molecule has 0 spiro atoms. The first-order chi connectivity index (χ1) is 18.5. The van der Waals surface area contributed by atoms with Crippen molar-refractivity contribution < 1.29 is 128 Å². The van der Waals surface area contributed by atoms with E-state index in [0.717, 1.165) is 0 Å². The van der Waals surface area contributed by atoms with E-state index in [4.69, 9.17) is 0 Å². The van der Waals surface area contributed by atoms with E-state index >= 15 is 0 Å². The Labute approximate surface area is 220 Å². The molecule has 0 aliphatic heterocycles. The molecule has 0 rings (SSSR count). The van der Waals surface area contributed by atoms with Crippen molar-refractivity contribution in [1.29, 1.82) is 0 Å². The van der Waals surface area contributed by atoms with Crippen LogP contribution in [0.3, 0.4) is 0 Å². The van der Waals surface area contributed by atoms with E-state index in [9.17, 15) is 123 Å². The van der Waals surface area contributed by atoms with E-state index in [0.29, 0.717) is 0 Å². The van der Waals surface area contributed by atoms with Gasteiger partial charge in [0, 0.05) is 0 Å².